The van der Waals surface area contributed by atoms with Gasteiger partial charge in [-0.15, -0.1) is 11.3 Å². The summed E-state index contributed by atoms with van der Waals surface area (Å²) in [5.41, 5.74) is 1.31. The molecule has 0 saturated heterocycles. The molecule has 1 aromatic carbocycles. The minimum absolute atomic E-state index is 0.263. The van der Waals surface area contributed by atoms with Crippen LogP contribution in [0.15, 0.2) is 34.1 Å². The minimum Gasteiger partial charge on any atom is -0.328 e. The Morgan fingerprint density at radius 1 is 1.32 bits per heavy atom. The number of nitrogens with zero attached hydrogens (tertiary/aromatic N) is 1. The molecule has 2 heterocycles. The maximum atomic E-state index is 13.7. The molecule has 0 aliphatic rings. The molecular weight excluding hydrogens is 347 g/mol. The van der Waals surface area contributed by atoms with Crippen molar-refractivity contribution in [2.24, 2.45) is 0 Å². The Bertz CT molecular complexity index is 787. The highest BCUT2D eigenvalue weighted by Crippen LogP contribution is 2.24. The predicted octanol–water partition coefficient (Wildman–Crippen LogP) is 4.90. The van der Waals surface area contributed by atoms with Crippen LogP contribution in [0.25, 0.3) is 11.0 Å². The highest BCUT2D eigenvalue weighted by Gasteiger charge is 2.08. The van der Waals surface area contributed by atoms with Crippen LogP contribution in [0.2, 0.25) is 0 Å². The molecule has 1 N–H and O–H groups in total. The van der Waals surface area contributed by atoms with Crippen molar-refractivity contribution in [3.8, 4) is 0 Å². The van der Waals surface area contributed by atoms with Crippen molar-refractivity contribution in [1.82, 2.24) is 9.55 Å². The first kappa shape index (κ1) is 13.0. The van der Waals surface area contributed by atoms with E-state index in [4.69, 9.17) is 12.2 Å². The number of fused-ring (bicyclic) bond motifs is 1. The molecule has 0 bridgehead atoms. The summed E-state index contributed by atoms with van der Waals surface area (Å²) in [6, 6.07) is 9.16. The molecule has 0 radical (unpaired) electrons. The number of H-pyrrole nitrogens is 1. The van der Waals surface area contributed by atoms with E-state index in [1.165, 1.54) is 10.9 Å². The van der Waals surface area contributed by atoms with Gasteiger partial charge in [0.2, 0.25) is 0 Å². The van der Waals surface area contributed by atoms with E-state index in [1.807, 2.05) is 16.7 Å². The van der Waals surface area contributed by atoms with Crippen molar-refractivity contribution in [3.63, 3.8) is 0 Å². The van der Waals surface area contributed by atoms with Gasteiger partial charge in [-0.3, -0.25) is 0 Å². The van der Waals surface area contributed by atoms with E-state index in [1.54, 1.807) is 17.4 Å². The van der Waals surface area contributed by atoms with Crippen LogP contribution in [-0.4, -0.2) is 9.55 Å². The van der Waals surface area contributed by atoms with E-state index in [9.17, 15) is 4.39 Å². The van der Waals surface area contributed by atoms with Crippen molar-refractivity contribution < 1.29 is 4.39 Å². The molecule has 0 spiro atoms. The molecule has 0 fully saturated rings. The summed E-state index contributed by atoms with van der Waals surface area (Å²) in [7, 11) is 0. The number of hydrogen-bond acceptors (Lipinski definition) is 2. The first-order valence-electron chi connectivity index (χ1n) is 5.76. The molecule has 0 aliphatic heterocycles. The molecule has 3 rings (SSSR count). The normalized spacial score (nSPS) is 11.3. The Kier molecular flexibility index (Phi) is 3.56. The van der Waals surface area contributed by atoms with E-state index in [2.05, 4.69) is 27.0 Å². The number of rotatable bonds is 3. The van der Waals surface area contributed by atoms with Crippen LogP contribution < -0.4 is 0 Å². The second-order valence-electron chi connectivity index (χ2n) is 4.17. The van der Waals surface area contributed by atoms with E-state index in [0.717, 1.165) is 22.3 Å². The fourth-order valence-corrected chi connectivity index (χ4v) is 3.84. The van der Waals surface area contributed by atoms with Gasteiger partial charge in [-0.2, -0.15) is 0 Å². The first-order valence-corrected chi connectivity index (χ1v) is 7.78. The molecule has 3 aromatic rings. The number of aryl methyl sites for hydroxylation is 2. The van der Waals surface area contributed by atoms with Crippen LogP contribution in [0.3, 0.4) is 0 Å². The summed E-state index contributed by atoms with van der Waals surface area (Å²) in [5.74, 6) is -0.263. The van der Waals surface area contributed by atoms with Crippen LogP contribution in [0.4, 0.5) is 4.39 Å². The summed E-state index contributed by atoms with van der Waals surface area (Å²) in [6.07, 6.45) is 0.883. The van der Waals surface area contributed by atoms with Crippen molar-refractivity contribution in [3.05, 3.63) is 49.6 Å². The fraction of sp³-hybridized carbons (Fsp3) is 0.154. The average Bonchev–Trinajstić information content (AvgIpc) is 2.92. The van der Waals surface area contributed by atoms with Gasteiger partial charge in [0.1, 0.15) is 11.3 Å². The van der Waals surface area contributed by atoms with Gasteiger partial charge in [-0.25, -0.2) is 4.39 Å². The van der Waals surface area contributed by atoms with Gasteiger partial charge in [0.15, 0.2) is 4.77 Å². The van der Waals surface area contributed by atoms with Crippen molar-refractivity contribution in [2.75, 3.05) is 0 Å². The predicted molar refractivity (Wildman–Crippen MR) is 82.8 cm³/mol. The smallest absolute Gasteiger partial charge is 0.178 e. The highest BCUT2D eigenvalue weighted by atomic mass is 79.9. The van der Waals surface area contributed by atoms with Gasteiger partial charge < -0.3 is 9.55 Å². The van der Waals surface area contributed by atoms with Crippen molar-refractivity contribution >= 4 is 50.5 Å². The SMILES string of the molecule is Fc1cccc2c1[nH]c(=S)n2CCc1ccc(Br)s1. The molecule has 0 aliphatic carbocycles. The third-order valence-electron chi connectivity index (χ3n) is 2.97. The second-order valence-corrected chi connectivity index (χ2v) is 7.11. The molecular formula is C13H10BrFN2S2. The third-order valence-corrected chi connectivity index (χ3v) is 4.98. The van der Waals surface area contributed by atoms with Crippen LogP contribution >= 0.6 is 39.5 Å². The molecule has 0 saturated carbocycles. The average molecular weight is 357 g/mol. The summed E-state index contributed by atoms with van der Waals surface area (Å²) in [5, 5.41) is 0. The zero-order valence-corrected chi connectivity index (χ0v) is 13.0. The molecule has 0 unspecified atom stereocenters. The van der Waals surface area contributed by atoms with Gasteiger partial charge in [0.05, 0.1) is 9.30 Å². The lowest BCUT2D eigenvalue weighted by Crippen LogP contribution is -2.00. The Hall–Kier alpha value is -0.980. The van der Waals surface area contributed by atoms with Crippen LogP contribution in [-0.2, 0) is 13.0 Å². The van der Waals surface area contributed by atoms with Crippen LogP contribution in [0, 0.1) is 10.6 Å². The van der Waals surface area contributed by atoms with E-state index in [0.29, 0.717) is 10.3 Å². The van der Waals surface area contributed by atoms with Gasteiger partial charge in [0, 0.05) is 11.4 Å². The Balaban J connectivity index is 1.95. The number of thiophene rings is 1. The Morgan fingerprint density at radius 2 is 2.16 bits per heavy atom. The zero-order valence-electron chi connectivity index (χ0n) is 9.82. The molecule has 0 atom stereocenters. The Labute approximate surface area is 127 Å². The van der Waals surface area contributed by atoms with Crippen molar-refractivity contribution in [2.45, 2.75) is 13.0 Å². The van der Waals surface area contributed by atoms with Gasteiger partial charge in [0.25, 0.3) is 0 Å². The second kappa shape index (κ2) is 5.19. The fourth-order valence-electron chi connectivity index (χ4n) is 2.08. The van der Waals surface area contributed by atoms with Gasteiger partial charge in [-0.05, 0) is 58.8 Å². The number of aromatic nitrogens is 2. The van der Waals surface area contributed by atoms with E-state index in [-0.39, 0.29) is 5.82 Å². The molecule has 2 aromatic heterocycles. The lowest BCUT2D eigenvalue weighted by Gasteiger charge is -2.03. The lowest BCUT2D eigenvalue weighted by atomic mass is 10.3. The van der Waals surface area contributed by atoms with E-state index >= 15 is 0 Å². The minimum atomic E-state index is -0.263. The standard InChI is InChI=1S/C13H10BrFN2S2/c14-11-5-4-8(19-11)6-7-17-10-3-1-2-9(15)12(10)16-13(17)18/h1-5H,6-7H2,(H,16,18). The van der Waals surface area contributed by atoms with Gasteiger partial charge >= 0.3 is 0 Å². The number of para-hydroxylation sites is 1. The largest absolute Gasteiger partial charge is 0.328 e. The maximum absolute atomic E-state index is 13.7. The van der Waals surface area contributed by atoms with Crippen molar-refractivity contribution in [1.29, 1.82) is 0 Å². The number of halogens is 2. The summed E-state index contributed by atoms with van der Waals surface area (Å²) in [6.45, 7) is 0.745. The quantitative estimate of drug-likeness (QED) is 0.661. The van der Waals surface area contributed by atoms with E-state index < -0.39 is 0 Å². The monoisotopic (exact) mass is 356 g/mol. The summed E-state index contributed by atoms with van der Waals surface area (Å²) >= 11 is 10.4. The lowest BCUT2D eigenvalue weighted by molar-refractivity contribution is 0.637. The van der Waals surface area contributed by atoms with Crippen LogP contribution in [0.1, 0.15) is 4.88 Å². The summed E-state index contributed by atoms with van der Waals surface area (Å²) in [4.78, 5) is 4.21. The number of aromatic amines is 1. The topological polar surface area (TPSA) is 20.7 Å². The number of hydrogen-bond donors (Lipinski definition) is 1. The molecule has 6 heteroatoms. The maximum Gasteiger partial charge on any atom is 0.178 e. The highest BCUT2D eigenvalue weighted by molar-refractivity contribution is 9.11. The molecule has 2 nitrogen and oxygen atoms in total. The van der Waals surface area contributed by atoms with Crippen LogP contribution in [0.5, 0.6) is 0 Å². The zero-order chi connectivity index (χ0) is 13.4. The first-order chi connectivity index (χ1) is 9.15. The summed E-state index contributed by atoms with van der Waals surface area (Å²) < 4.78 is 17.3. The van der Waals surface area contributed by atoms with Gasteiger partial charge in [-0.1, -0.05) is 6.07 Å². The molecule has 19 heavy (non-hydrogen) atoms. The molecule has 0 amide bonds. The number of imidazole rings is 1. The number of benzene rings is 1. The molecule has 98 valence electrons. The number of nitrogens with one attached hydrogen (secondary N) is 1. The Morgan fingerprint density at radius 3 is 2.89 bits per heavy atom. The third kappa shape index (κ3) is 2.52.